The lowest BCUT2D eigenvalue weighted by Crippen LogP contribution is -2.64. The summed E-state index contributed by atoms with van der Waals surface area (Å²) in [5.74, 6) is -3.35. The summed E-state index contributed by atoms with van der Waals surface area (Å²) >= 11 is 0. The van der Waals surface area contributed by atoms with E-state index in [1.807, 2.05) is 0 Å². The molecule has 2 rings (SSSR count). The molecule has 0 aromatic heterocycles. The predicted octanol–water partition coefficient (Wildman–Crippen LogP) is 1.33. The molecule has 0 saturated carbocycles. The number of alkyl halides is 4. The van der Waals surface area contributed by atoms with Gasteiger partial charge in [0.2, 0.25) is 0 Å². The van der Waals surface area contributed by atoms with Crippen LogP contribution in [0.5, 0.6) is 0 Å². The molecule has 1 saturated heterocycles. The average molecular weight is 365 g/mol. The zero-order valence-corrected chi connectivity index (χ0v) is 12.9. The molecule has 1 aromatic carbocycles. The van der Waals surface area contributed by atoms with Gasteiger partial charge in [-0.25, -0.2) is 9.18 Å². The fraction of sp³-hybridized carbons (Fsp3) is 0.467. The molecule has 0 aliphatic carbocycles. The smallest absolute Gasteiger partial charge is 0.454 e. The first kappa shape index (κ1) is 19.1. The van der Waals surface area contributed by atoms with Crippen LogP contribution in [0.25, 0.3) is 0 Å². The van der Waals surface area contributed by atoms with E-state index in [9.17, 15) is 32.3 Å². The van der Waals surface area contributed by atoms with E-state index in [0.717, 1.165) is 0 Å². The molecule has 1 aliphatic rings. The molecule has 0 bridgehead atoms. The Labute approximate surface area is 139 Å². The van der Waals surface area contributed by atoms with Crippen LogP contribution in [0.15, 0.2) is 30.3 Å². The molecule has 1 amide bonds. The molecular formula is C15H15F4NO5. The SMILES string of the molecule is C[C@@H]1O[C@@H](O)[C@@H](F)[C@H](NC(=O)C(F)(F)F)[C@@H]1OC(=O)c1ccccc1. The van der Waals surface area contributed by atoms with Crippen molar-refractivity contribution in [2.24, 2.45) is 0 Å². The summed E-state index contributed by atoms with van der Waals surface area (Å²) < 4.78 is 61.3. The number of aliphatic hydroxyl groups is 1. The number of aliphatic hydroxyl groups excluding tert-OH is 1. The van der Waals surface area contributed by atoms with Crippen molar-refractivity contribution in [2.75, 3.05) is 0 Å². The van der Waals surface area contributed by atoms with E-state index in [1.54, 1.807) is 6.07 Å². The van der Waals surface area contributed by atoms with Gasteiger partial charge in [-0.05, 0) is 19.1 Å². The van der Waals surface area contributed by atoms with Gasteiger partial charge < -0.3 is 19.9 Å². The lowest BCUT2D eigenvalue weighted by atomic mass is 9.97. The van der Waals surface area contributed by atoms with E-state index in [0.29, 0.717) is 0 Å². The number of hydrogen-bond acceptors (Lipinski definition) is 5. The number of benzene rings is 1. The molecule has 0 radical (unpaired) electrons. The number of amides is 1. The Hall–Kier alpha value is -2.20. The molecular weight excluding hydrogens is 350 g/mol. The number of hydrogen-bond donors (Lipinski definition) is 2. The Morgan fingerprint density at radius 3 is 2.40 bits per heavy atom. The van der Waals surface area contributed by atoms with Gasteiger partial charge in [0.25, 0.3) is 0 Å². The Bertz CT molecular complexity index is 624. The van der Waals surface area contributed by atoms with Crippen LogP contribution in [0.3, 0.4) is 0 Å². The Balaban J connectivity index is 2.21. The van der Waals surface area contributed by atoms with E-state index >= 15 is 0 Å². The minimum Gasteiger partial charge on any atom is -0.454 e. The molecule has 1 fully saturated rings. The molecule has 5 atom stereocenters. The summed E-state index contributed by atoms with van der Waals surface area (Å²) in [5.41, 5.74) is 0.0807. The third-order valence-electron chi connectivity index (χ3n) is 3.59. The summed E-state index contributed by atoms with van der Waals surface area (Å²) in [6, 6.07) is 5.54. The maximum atomic E-state index is 14.1. The monoisotopic (exact) mass is 365 g/mol. The van der Waals surface area contributed by atoms with Crippen LogP contribution in [0.1, 0.15) is 17.3 Å². The number of rotatable bonds is 3. The van der Waals surface area contributed by atoms with E-state index < -0.39 is 48.8 Å². The molecule has 0 spiro atoms. The third kappa shape index (κ3) is 4.45. The second-order valence-corrected chi connectivity index (χ2v) is 5.41. The predicted molar refractivity (Wildman–Crippen MR) is 75.1 cm³/mol. The number of esters is 1. The van der Waals surface area contributed by atoms with E-state index in [1.165, 1.54) is 36.5 Å². The van der Waals surface area contributed by atoms with Crippen LogP contribution in [0.2, 0.25) is 0 Å². The highest BCUT2D eigenvalue weighted by molar-refractivity contribution is 5.89. The molecule has 10 heteroatoms. The third-order valence-corrected chi connectivity index (χ3v) is 3.59. The van der Waals surface area contributed by atoms with Gasteiger partial charge in [-0.1, -0.05) is 18.2 Å². The number of carbonyl (C=O) groups is 2. The second kappa shape index (κ2) is 7.36. The number of nitrogens with one attached hydrogen (secondary N) is 1. The van der Waals surface area contributed by atoms with Crippen molar-refractivity contribution in [3.8, 4) is 0 Å². The molecule has 0 unspecified atom stereocenters. The summed E-state index contributed by atoms with van der Waals surface area (Å²) in [5, 5.41) is 10.9. The molecule has 1 aromatic rings. The van der Waals surface area contributed by atoms with Crippen molar-refractivity contribution in [3.63, 3.8) is 0 Å². The Morgan fingerprint density at radius 1 is 1.24 bits per heavy atom. The topological polar surface area (TPSA) is 84.9 Å². The highest BCUT2D eigenvalue weighted by Crippen LogP contribution is 2.26. The van der Waals surface area contributed by atoms with Crippen molar-refractivity contribution in [2.45, 2.75) is 43.8 Å². The standard InChI is InChI=1S/C15H15F4NO5/c1-7-11(25-12(21)8-5-3-2-4-6-8)10(9(16)13(22)24-7)20-14(23)15(17,18)19/h2-7,9-11,13,22H,1H3,(H,20,23)/t7-,9-,10-,11+,13+/m0/s1. The van der Waals surface area contributed by atoms with E-state index in [2.05, 4.69) is 0 Å². The molecule has 138 valence electrons. The quantitative estimate of drug-likeness (QED) is 0.624. The van der Waals surface area contributed by atoms with Gasteiger partial charge in [0.05, 0.1) is 11.7 Å². The van der Waals surface area contributed by atoms with Gasteiger partial charge in [0.1, 0.15) is 6.04 Å². The number of halogens is 4. The normalized spacial score (nSPS) is 29.8. The minimum absolute atomic E-state index is 0.0807. The maximum Gasteiger partial charge on any atom is 0.471 e. The fourth-order valence-electron chi connectivity index (χ4n) is 2.35. The Kier molecular flexibility index (Phi) is 5.63. The summed E-state index contributed by atoms with van der Waals surface area (Å²) in [7, 11) is 0. The highest BCUT2D eigenvalue weighted by Gasteiger charge is 2.50. The molecule has 25 heavy (non-hydrogen) atoms. The largest absolute Gasteiger partial charge is 0.471 e. The van der Waals surface area contributed by atoms with Crippen LogP contribution in [0, 0.1) is 0 Å². The zero-order chi connectivity index (χ0) is 18.8. The van der Waals surface area contributed by atoms with Crippen LogP contribution in [0.4, 0.5) is 17.6 Å². The first-order chi connectivity index (χ1) is 11.6. The maximum absolute atomic E-state index is 14.1. The molecule has 6 nitrogen and oxygen atoms in total. The first-order valence-electron chi connectivity index (χ1n) is 7.22. The number of carbonyl (C=O) groups excluding carboxylic acids is 2. The second-order valence-electron chi connectivity index (χ2n) is 5.41. The van der Waals surface area contributed by atoms with E-state index in [4.69, 9.17) is 9.47 Å². The molecule has 2 N–H and O–H groups in total. The Morgan fingerprint density at radius 2 is 1.84 bits per heavy atom. The van der Waals surface area contributed by atoms with Gasteiger partial charge >= 0.3 is 18.1 Å². The summed E-state index contributed by atoms with van der Waals surface area (Å²) in [6.45, 7) is 1.27. The lowest BCUT2D eigenvalue weighted by Gasteiger charge is -2.40. The first-order valence-corrected chi connectivity index (χ1v) is 7.22. The van der Waals surface area contributed by atoms with Gasteiger partial charge in [-0.2, -0.15) is 13.2 Å². The van der Waals surface area contributed by atoms with Crippen LogP contribution >= 0.6 is 0 Å². The van der Waals surface area contributed by atoms with Crippen LogP contribution < -0.4 is 5.32 Å². The molecule has 1 heterocycles. The van der Waals surface area contributed by atoms with Gasteiger partial charge in [0.15, 0.2) is 18.6 Å². The lowest BCUT2D eigenvalue weighted by molar-refractivity contribution is -0.237. The summed E-state index contributed by atoms with van der Waals surface area (Å²) in [4.78, 5) is 23.2. The van der Waals surface area contributed by atoms with Crippen molar-refractivity contribution in [1.82, 2.24) is 5.32 Å². The number of ether oxygens (including phenoxy) is 2. The van der Waals surface area contributed by atoms with Crippen molar-refractivity contribution >= 4 is 11.9 Å². The zero-order valence-electron chi connectivity index (χ0n) is 12.9. The molecule has 1 aliphatic heterocycles. The van der Waals surface area contributed by atoms with Gasteiger partial charge in [0, 0.05) is 0 Å². The van der Waals surface area contributed by atoms with Gasteiger partial charge in [-0.3, -0.25) is 4.79 Å². The van der Waals surface area contributed by atoms with Gasteiger partial charge in [-0.15, -0.1) is 0 Å². The van der Waals surface area contributed by atoms with Crippen molar-refractivity contribution < 1.29 is 41.7 Å². The fourth-order valence-corrected chi connectivity index (χ4v) is 2.35. The van der Waals surface area contributed by atoms with Crippen molar-refractivity contribution in [1.29, 1.82) is 0 Å². The van der Waals surface area contributed by atoms with E-state index in [-0.39, 0.29) is 5.56 Å². The van der Waals surface area contributed by atoms with Crippen LogP contribution in [-0.2, 0) is 14.3 Å². The van der Waals surface area contributed by atoms with Crippen LogP contribution in [-0.4, -0.2) is 53.9 Å². The minimum atomic E-state index is -5.26. The summed E-state index contributed by atoms with van der Waals surface area (Å²) in [6.07, 6.45) is -12.5. The average Bonchev–Trinajstić information content (AvgIpc) is 2.55. The van der Waals surface area contributed by atoms with Crippen molar-refractivity contribution in [3.05, 3.63) is 35.9 Å². The highest BCUT2D eigenvalue weighted by atomic mass is 19.4.